The van der Waals surface area contributed by atoms with Gasteiger partial charge < -0.3 is 21.3 Å². The molecule has 0 amide bonds. The molecule has 0 fully saturated rings. The zero-order valence-electron chi connectivity index (χ0n) is 15.6. The number of rotatable bonds is 6. The number of fused-ring (bicyclic) bond motifs is 1. The minimum Gasteiger partial charge on any atom is -0.480 e. The minimum atomic E-state index is -0.959. The van der Waals surface area contributed by atoms with Crippen molar-refractivity contribution >= 4 is 28.4 Å². The Morgan fingerprint density at radius 1 is 0.893 bits per heavy atom. The molecular formula is C22H24N2O4. The maximum atomic E-state index is 10.7. The van der Waals surface area contributed by atoms with E-state index in [-0.39, 0.29) is 0 Å². The summed E-state index contributed by atoms with van der Waals surface area (Å²) in [7, 11) is 0. The lowest BCUT2D eigenvalue weighted by Gasteiger charge is -2.11. The first-order chi connectivity index (χ1) is 13.4. The first-order valence-corrected chi connectivity index (χ1v) is 8.87. The highest BCUT2D eigenvalue weighted by atomic mass is 16.4. The second-order valence-electron chi connectivity index (χ2n) is 6.40. The Morgan fingerprint density at radius 3 is 2.11 bits per heavy atom. The van der Waals surface area contributed by atoms with Gasteiger partial charge in [0.2, 0.25) is 0 Å². The standard InChI is InChI=1S/C13H13NO2.C9H11NO2/c1-9(13(15)16)14-12-7-6-10-4-2-3-5-11(10)8-12;10-8(9(11)12)6-7-4-2-1-3-5-7/h2-9,14H,1H3,(H,15,16);1-5,8H,6,10H2,(H,11,12)/t9-;8-/m00/s1. The van der Waals surface area contributed by atoms with Crippen molar-refractivity contribution in [1.82, 2.24) is 0 Å². The fraction of sp³-hybridized carbons (Fsp3) is 0.182. The van der Waals surface area contributed by atoms with E-state index >= 15 is 0 Å². The average Bonchev–Trinajstić information content (AvgIpc) is 2.69. The van der Waals surface area contributed by atoms with E-state index in [4.69, 9.17) is 15.9 Å². The molecule has 0 unspecified atom stereocenters. The Kier molecular flexibility index (Phi) is 7.54. The van der Waals surface area contributed by atoms with Gasteiger partial charge in [0.25, 0.3) is 0 Å². The van der Waals surface area contributed by atoms with E-state index in [1.54, 1.807) is 6.92 Å². The van der Waals surface area contributed by atoms with Gasteiger partial charge in [-0.05, 0) is 41.8 Å². The predicted octanol–water partition coefficient (Wildman–Crippen LogP) is 3.37. The van der Waals surface area contributed by atoms with Gasteiger partial charge in [-0.2, -0.15) is 0 Å². The van der Waals surface area contributed by atoms with Crippen LogP contribution < -0.4 is 11.1 Å². The molecule has 0 radical (unpaired) electrons. The molecule has 0 bridgehead atoms. The molecular weight excluding hydrogens is 356 g/mol. The van der Waals surface area contributed by atoms with Crippen molar-refractivity contribution in [2.24, 2.45) is 5.73 Å². The summed E-state index contributed by atoms with van der Waals surface area (Å²) in [5.74, 6) is -1.81. The molecule has 3 aromatic rings. The normalized spacial score (nSPS) is 12.4. The monoisotopic (exact) mass is 380 g/mol. The number of carboxylic acid groups (broad SMARTS) is 2. The second kappa shape index (κ2) is 10.1. The van der Waals surface area contributed by atoms with Crippen LogP contribution in [-0.2, 0) is 16.0 Å². The quantitative estimate of drug-likeness (QED) is 0.522. The number of anilines is 1. The van der Waals surface area contributed by atoms with Crippen molar-refractivity contribution in [3.05, 3.63) is 78.4 Å². The summed E-state index contributed by atoms with van der Waals surface area (Å²) >= 11 is 0. The lowest BCUT2D eigenvalue weighted by atomic mass is 10.1. The van der Waals surface area contributed by atoms with Crippen LogP contribution in [0.25, 0.3) is 10.8 Å². The molecule has 2 atom stereocenters. The number of aliphatic carboxylic acids is 2. The SMILES string of the molecule is C[C@H](Nc1ccc2ccccc2c1)C(=O)O.N[C@@H](Cc1ccccc1)C(=O)O. The second-order valence-corrected chi connectivity index (χ2v) is 6.40. The molecule has 6 nitrogen and oxygen atoms in total. The smallest absolute Gasteiger partial charge is 0.325 e. The van der Waals surface area contributed by atoms with Gasteiger partial charge in [-0.1, -0.05) is 60.7 Å². The maximum absolute atomic E-state index is 10.7. The summed E-state index contributed by atoms with van der Waals surface area (Å²) in [5.41, 5.74) is 7.13. The number of benzene rings is 3. The van der Waals surface area contributed by atoms with Crippen LogP contribution in [0.5, 0.6) is 0 Å². The third-order valence-corrected chi connectivity index (χ3v) is 4.12. The van der Waals surface area contributed by atoms with Crippen LogP contribution in [0.2, 0.25) is 0 Å². The fourth-order valence-corrected chi connectivity index (χ4v) is 2.55. The van der Waals surface area contributed by atoms with Crippen molar-refractivity contribution in [1.29, 1.82) is 0 Å². The Morgan fingerprint density at radius 2 is 1.50 bits per heavy atom. The lowest BCUT2D eigenvalue weighted by Crippen LogP contribution is -2.32. The Hall–Kier alpha value is -3.38. The third kappa shape index (κ3) is 6.41. The van der Waals surface area contributed by atoms with Gasteiger partial charge in [-0.25, -0.2) is 0 Å². The molecule has 0 aliphatic heterocycles. The van der Waals surface area contributed by atoms with Crippen LogP contribution in [-0.4, -0.2) is 34.2 Å². The first kappa shape index (κ1) is 20.9. The molecule has 6 heteroatoms. The van der Waals surface area contributed by atoms with Crippen molar-refractivity contribution in [2.75, 3.05) is 5.32 Å². The third-order valence-electron chi connectivity index (χ3n) is 4.12. The summed E-state index contributed by atoms with van der Waals surface area (Å²) < 4.78 is 0. The van der Waals surface area contributed by atoms with Gasteiger partial charge in [0.05, 0.1) is 0 Å². The average molecular weight is 380 g/mol. The number of hydrogen-bond acceptors (Lipinski definition) is 4. The Bertz CT molecular complexity index is 928. The topological polar surface area (TPSA) is 113 Å². The minimum absolute atomic E-state index is 0.385. The van der Waals surface area contributed by atoms with E-state index in [2.05, 4.69) is 5.32 Å². The summed E-state index contributed by atoms with van der Waals surface area (Å²) in [6, 6.07) is 21.8. The molecule has 5 N–H and O–H groups in total. The van der Waals surface area contributed by atoms with Crippen LogP contribution in [0.15, 0.2) is 72.8 Å². The van der Waals surface area contributed by atoms with E-state index < -0.39 is 24.0 Å². The molecule has 0 aliphatic rings. The number of nitrogens with two attached hydrogens (primary N) is 1. The molecule has 0 aliphatic carbocycles. The summed E-state index contributed by atoms with van der Waals surface area (Å²) in [4.78, 5) is 21.1. The molecule has 146 valence electrons. The van der Waals surface area contributed by atoms with Gasteiger partial charge in [0.15, 0.2) is 0 Å². The van der Waals surface area contributed by atoms with E-state index in [9.17, 15) is 9.59 Å². The van der Waals surface area contributed by atoms with E-state index in [1.165, 1.54) is 0 Å². The molecule has 28 heavy (non-hydrogen) atoms. The number of carboxylic acids is 2. The fourth-order valence-electron chi connectivity index (χ4n) is 2.55. The summed E-state index contributed by atoms with van der Waals surface area (Å²) in [6.07, 6.45) is 0.385. The highest BCUT2D eigenvalue weighted by Crippen LogP contribution is 2.19. The van der Waals surface area contributed by atoms with Crippen molar-refractivity contribution in [3.63, 3.8) is 0 Å². The van der Waals surface area contributed by atoms with Crippen LogP contribution >= 0.6 is 0 Å². The maximum Gasteiger partial charge on any atom is 0.325 e. The first-order valence-electron chi connectivity index (χ1n) is 8.87. The van der Waals surface area contributed by atoms with Crippen molar-refractivity contribution in [2.45, 2.75) is 25.4 Å². The van der Waals surface area contributed by atoms with Crippen molar-refractivity contribution in [3.8, 4) is 0 Å². The molecule has 3 aromatic carbocycles. The lowest BCUT2D eigenvalue weighted by molar-refractivity contribution is -0.139. The van der Waals surface area contributed by atoms with Crippen LogP contribution in [0, 0.1) is 0 Å². The van der Waals surface area contributed by atoms with Crippen LogP contribution in [0.3, 0.4) is 0 Å². The van der Waals surface area contributed by atoms with Gasteiger partial charge in [-0.3, -0.25) is 9.59 Å². The van der Waals surface area contributed by atoms with Crippen LogP contribution in [0.1, 0.15) is 12.5 Å². The Balaban J connectivity index is 0.000000209. The van der Waals surface area contributed by atoms with Gasteiger partial charge in [0.1, 0.15) is 12.1 Å². The highest BCUT2D eigenvalue weighted by Gasteiger charge is 2.11. The molecule has 0 spiro atoms. The van der Waals surface area contributed by atoms with Crippen molar-refractivity contribution < 1.29 is 19.8 Å². The summed E-state index contributed by atoms with van der Waals surface area (Å²) in [5, 5.41) is 22.5. The zero-order valence-corrected chi connectivity index (χ0v) is 15.6. The number of carbonyl (C=O) groups is 2. The Labute approximate surface area is 163 Å². The molecule has 0 saturated carbocycles. The molecule has 0 saturated heterocycles. The number of nitrogens with one attached hydrogen (secondary N) is 1. The molecule has 0 aromatic heterocycles. The van der Waals surface area contributed by atoms with E-state index in [0.29, 0.717) is 6.42 Å². The van der Waals surface area contributed by atoms with Gasteiger partial charge in [0, 0.05) is 5.69 Å². The van der Waals surface area contributed by atoms with E-state index in [1.807, 2.05) is 72.8 Å². The molecule has 3 rings (SSSR count). The van der Waals surface area contributed by atoms with Gasteiger partial charge in [-0.15, -0.1) is 0 Å². The largest absolute Gasteiger partial charge is 0.480 e. The van der Waals surface area contributed by atoms with Gasteiger partial charge >= 0.3 is 11.9 Å². The van der Waals surface area contributed by atoms with Crippen LogP contribution in [0.4, 0.5) is 5.69 Å². The number of hydrogen-bond donors (Lipinski definition) is 4. The highest BCUT2D eigenvalue weighted by molar-refractivity contribution is 5.86. The zero-order chi connectivity index (χ0) is 20.5. The predicted molar refractivity (Wildman–Crippen MR) is 110 cm³/mol. The molecule has 0 heterocycles. The summed E-state index contributed by atoms with van der Waals surface area (Å²) in [6.45, 7) is 1.62. The van der Waals surface area contributed by atoms with E-state index in [0.717, 1.165) is 22.0 Å².